The van der Waals surface area contributed by atoms with E-state index in [-0.39, 0.29) is 5.92 Å². The van der Waals surface area contributed by atoms with Gasteiger partial charge in [-0.2, -0.15) is 9.36 Å². The lowest BCUT2D eigenvalue weighted by molar-refractivity contribution is -0.144. The number of fused-ring (bicyclic) bond motifs is 1. The number of hydrogen-bond acceptors (Lipinski definition) is 6. The molecule has 1 aliphatic rings. The third-order valence-electron chi connectivity index (χ3n) is 3.13. The van der Waals surface area contributed by atoms with Gasteiger partial charge in [-0.25, -0.2) is 4.79 Å². The van der Waals surface area contributed by atoms with Gasteiger partial charge in [0.25, 0.3) is 5.19 Å². The zero-order valence-electron chi connectivity index (χ0n) is 11.6. The highest BCUT2D eigenvalue weighted by molar-refractivity contribution is 7.07. The Morgan fingerprint density at radius 2 is 2.33 bits per heavy atom. The van der Waals surface area contributed by atoms with Crippen molar-refractivity contribution in [2.45, 2.75) is 32.3 Å². The number of benzene rings is 1. The first kappa shape index (κ1) is 13.8. The second kappa shape index (κ2) is 5.33. The van der Waals surface area contributed by atoms with Crippen LogP contribution in [0.2, 0.25) is 0 Å². The normalized spacial score (nSPS) is 16.6. The quantitative estimate of drug-likeness (QED) is 0.935. The fourth-order valence-corrected chi connectivity index (χ4v) is 2.70. The molecule has 0 bridgehead atoms. The molecule has 0 aliphatic carbocycles. The molecule has 110 valence electrons. The van der Waals surface area contributed by atoms with Gasteiger partial charge >= 0.3 is 5.97 Å². The highest BCUT2D eigenvalue weighted by Crippen LogP contribution is 2.34. The van der Waals surface area contributed by atoms with Gasteiger partial charge in [0.1, 0.15) is 17.3 Å². The van der Waals surface area contributed by atoms with Crippen molar-refractivity contribution in [3.8, 4) is 16.7 Å². The summed E-state index contributed by atoms with van der Waals surface area (Å²) in [5.74, 6) is 1.15. The molecule has 21 heavy (non-hydrogen) atoms. The summed E-state index contributed by atoms with van der Waals surface area (Å²) in [5.41, 5.74) is 0.870. The van der Waals surface area contributed by atoms with Crippen molar-refractivity contribution in [3.05, 3.63) is 29.6 Å². The van der Waals surface area contributed by atoms with Crippen molar-refractivity contribution >= 4 is 17.5 Å². The molecule has 2 heterocycles. The smallest absolute Gasteiger partial charge is 0.345 e. The molecule has 0 radical (unpaired) electrons. The first-order valence-electron chi connectivity index (χ1n) is 6.57. The second-order valence-electron chi connectivity index (χ2n) is 5.09. The number of nitrogens with zero attached hydrogens (tertiary/aromatic N) is 2. The highest BCUT2D eigenvalue weighted by Gasteiger charge is 2.29. The maximum absolute atomic E-state index is 10.9. The zero-order chi connectivity index (χ0) is 15.0. The molecule has 2 aromatic rings. The lowest BCUT2D eigenvalue weighted by Gasteiger charge is -2.05. The molecule has 0 amide bonds. The number of aliphatic carboxylic acids is 1. The van der Waals surface area contributed by atoms with Crippen LogP contribution < -0.4 is 9.47 Å². The average Bonchev–Trinajstić information content (AvgIpc) is 3.04. The Hall–Kier alpha value is -2.15. The van der Waals surface area contributed by atoms with E-state index in [1.165, 1.54) is 11.5 Å². The van der Waals surface area contributed by atoms with E-state index in [0.29, 0.717) is 23.1 Å². The van der Waals surface area contributed by atoms with Crippen LogP contribution in [-0.2, 0) is 11.2 Å². The van der Waals surface area contributed by atoms with Gasteiger partial charge in [0.05, 0.1) is 0 Å². The van der Waals surface area contributed by atoms with Gasteiger partial charge in [-0.3, -0.25) is 0 Å². The summed E-state index contributed by atoms with van der Waals surface area (Å²) in [6, 6.07) is 5.29. The number of carbonyl (C=O) groups is 1. The maximum atomic E-state index is 10.9. The van der Waals surface area contributed by atoms with E-state index in [2.05, 4.69) is 9.36 Å². The van der Waals surface area contributed by atoms with Gasteiger partial charge in [0, 0.05) is 29.9 Å². The molecular weight excluding hydrogens is 292 g/mol. The topological polar surface area (TPSA) is 81.5 Å². The lowest BCUT2D eigenvalue weighted by atomic mass is 10.1. The Morgan fingerprint density at radius 3 is 3.00 bits per heavy atom. The molecule has 0 spiro atoms. The average molecular weight is 306 g/mol. The van der Waals surface area contributed by atoms with Crippen molar-refractivity contribution in [2.24, 2.45) is 0 Å². The zero-order valence-corrected chi connectivity index (χ0v) is 12.4. The van der Waals surface area contributed by atoms with Crippen LogP contribution in [0.1, 0.15) is 31.2 Å². The molecule has 7 heteroatoms. The Balaban J connectivity index is 1.76. The molecule has 1 aromatic heterocycles. The first-order valence-corrected chi connectivity index (χ1v) is 7.34. The van der Waals surface area contributed by atoms with E-state index >= 15 is 0 Å². The molecule has 1 N–H and O–H groups in total. The van der Waals surface area contributed by atoms with Crippen LogP contribution in [-0.4, -0.2) is 26.5 Å². The third-order valence-corrected chi connectivity index (χ3v) is 3.74. The highest BCUT2D eigenvalue weighted by atomic mass is 32.1. The number of aromatic nitrogens is 2. The van der Waals surface area contributed by atoms with Gasteiger partial charge < -0.3 is 14.6 Å². The minimum Gasteiger partial charge on any atom is -0.478 e. The van der Waals surface area contributed by atoms with Crippen molar-refractivity contribution in [2.75, 3.05) is 0 Å². The largest absolute Gasteiger partial charge is 0.478 e. The molecule has 1 atom stereocenters. The maximum Gasteiger partial charge on any atom is 0.345 e. The molecule has 0 saturated carbocycles. The van der Waals surface area contributed by atoms with Crippen LogP contribution >= 0.6 is 11.5 Å². The summed E-state index contributed by atoms with van der Waals surface area (Å²) in [6.45, 7) is 4.03. The number of carboxylic acids is 1. The molecule has 1 aliphatic heterocycles. The van der Waals surface area contributed by atoms with Crippen molar-refractivity contribution in [1.82, 2.24) is 9.36 Å². The minimum atomic E-state index is -0.959. The lowest BCUT2D eigenvalue weighted by Crippen LogP contribution is -2.24. The number of carboxylic acid groups (broad SMARTS) is 1. The summed E-state index contributed by atoms with van der Waals surface area (Å²) < 4.78 is 15.2. The predicted octanol–water partition coefficient (Wildman–Crippen LogP) is 2.84. The van der Waals surface area contributed by atoms with Gasteiger partial charge in [-0.05, 0) is 11.6 Å². The molecule has 0 saturated heterocycles. The first-order chi connectivity index (χ1) is 10.0. The van der Waals surface area contributed by atoms with Crippen LogP contribution in [0.5, 0.6) is 16.7 Å². The predicted molar refractivity (Wildman–Crippen MR) is 76.3 cm³/mol. The van der Waals surface area contributed by atoms with E-state index < -0.39 is 12.1 Å². The van der Waals surface area contributed by atoms with Gasteiger partial charge in [0.2, 0.25) is 0 Å². The van der Waals surface area contributed by atoms with Crippen molar-refractivity contribution < 1.29 is 19.4 Å². The van der Waals surface area contributed by atoms with Gasteiger partial charge in [0.15, 0.2) is 6.10 Å². The molecule has 0 fully saturated rings. The summed E-state index contributed by atoms with van der Waals surface area (Å²) >= 11 is 1.19. The fourth-order valence-electron chi connectivity index (χ4n) is 2.01. The van der Waals surface area contributed by atoms with E-state index in [9.17, 15) is 4.79 Å². The molecule has 6 nitrogen and oxygen atoms in total. The van der Waals surface area contributed by atoms with Crippen LogP contribution in [0.4, 0.5) is 0 Å². The second-order valence-corrected chi connectivity index (χ2v) is 5.81. The van der Waals surface area contributed by atoms with Crippen LogP contribution in [0.25, 0.3) is 0 Å². The molecule has 3 rings (SSSR count). The number of hydrogen-bond donors (Lipinski definition) is 1. The summed E-state index contributed by atoms with van der Waals surface area (Å²) in [5, 5.41) is 9.44. The van der Waals surface area contributed by atoms with Crippen LogP contribution in [0, 0.1) is 0 Å². The minimum absolute atomic E-state index is 0.248. The van der Waals surface area contributed by atoms with Crippen LogP contribution in [0.3, 0.4) is 0 Å². The van der Waals surface area contributed by atoms with Crippen molar-refractivity contribution in [3.63, 3.8) is 0 Å². The van der Waals surface area contributed by atoms with E-state index in [0.717, 1.165) is 11.4 Å². The van der Waals surface area contributed by atoms with Gasteiger partial charge in [-0.15, -0.1) is 0 Å². The Labute approximate surface area is 125 Å². The third kappa shape index (κ3) is 2.82. The van der Waals surface area contributed by atoms with E-state index in [4.69, 9.17) is 14.6 Å². The molecular formula is C14H14N2O4S. The van der Waals surface area contributed by atoms with Gasteiger partial charge in [-0.1, -0.05) is 19.9 Å². The summed E-state index contributed by atoms with van der Waals surface area (Å²) in [4.78, 5) is 15.2. The van der Waals surface area contributed by atoms with E-state index in [1.807, 2.05) is 19.9 Å². The Kier molecular flexibility index (Phi) is 3.50. The summed E-state index contributed by atoms with van der Waals surface area (Å²) in [7, 11) is 0. The molecule has 1 aromatic carbocycles. The standard InChI is InChI=1S/C14H14N2O4S/c1-7(2)12-15-14(21-16-12)19-9-4-3-8-5-11(13(17)18)20-10(8)6-9/h3-4,6-7,11H,5H2,1-2H3,(H,17,18). The van der Waals surface area contributed by atoms with Crippen molar-refractivity contribution in [1.29, 1.82) is 0 Å². The SMILES string of the molecule is CC(C)c1nsc(Oc2ccc3c(c2)OC(C(=O)O)C3)n1. The Bertz CT molecular complexity index is 683. The monoisotopic (exact) mass is 306 g/mol. The fraction of sp³-hybridized carbons (Fsp3) is 0.357. The van der Waals surface area contributed by atoms with Crippen LogP contribution in [0.15, 0.2) is 18.2 Å². The summed E-state index contributed by atoms with van der Waals surface area (Å²) in [6.07, 6.45) is -0.439. The molecule has 1 unspecified atom stereocenters. The Morgan fingerprint density at radius 1 is 1.52 bits per heavy atom. The van der Waals surface area contributed by atoms with E-state index in [1.54, 1.807) is 12.1 Å². The number of ether oxygens (including phenoxy) is 2. The number of rotatable bonds is 4.